The Morgan fingerprint density at radius 2 is 1.77 bits per heavy atom. The number of anilines is 1. The van der Waals surface area contributed by atoms with Crippen LogP contribution in [0.3, 0.4) is 0 Å². The highest BCUT2D eigenvalue weighted by atomic mass is 32.2. The lowest BCUT2D eigenvalue weighted by Crippen LogP contribution is -2.57. The molecule has 2 aliphatic rings. The van der Waals surface area contributed by atoms with Crippen LogP contribution in [0.15, 0.2) is 34.7 Å². The molecule has 5 N–H and O–H groups in total. The molecule has 3 atom stereocenters. The molecule has 39 heavy (non-hydrogen) atoms. The van der Waals surface area contributed by atoms with Gasteiger partial charge in [-0.15, -0.1) is 0 Å². The van der Waals surface area contributed by atoms with Crippen LogP contribution in [0.25, 0.3) is 11.3 Å². The van der Waals surface area contributed by atoms with E-state index in [1.807, 2.05) is 6.07 Å². The zero-order chi connectivity index (χ0) is 28.2. The van der Waals surface area contributed by atoms with Crippen molar-refractivity contribution in [2.24, 2.45) is 11.1 Å². The SMILES string of the molecule is CN[C@@H](C)C(=O)N[C@H](C(=O)N1CCC[C@H]1C(=O)Nc1sc(S(N)(=O)=O)nc1-c1ccccc1)C1CCCCC1. The normalized spacial score (nSPS) is 19.9. The lowest BCUT2D eigenvalue weighted by atomic mass is 9.83. The minimum atomic E-state index is -4.09. The van der Waals surface area contributed by atoms with Crippen molar-refractivity contribution in [3.05, 3.63) is 30.3 Å². The van der Waals surface area contributed by atoms with Gasteiger partial charge in [-0.1, -0.05) is 60.9 Å². The lowest BCUT2D eigenvalue weighted by Gasteiger charge is -2.35. The molecule has 0 radical (unpaired) electrons. The van der Waals surface area contributed by atoms with E-state index in [0.717, 1.165) is 43.4 Å². The molecule has 3 amide bonds. The third-order valence-electron chi connectivity index (χ3n) is 7.48. The highest BCUT2D eigenvalue weighted by Gasteiger charge is 2.41. The Morgan fingerprint density at radius 3 is 2.41 bits per heavy atom. The van der Waals surface area contributed by atoms with Gasteiger partial charge in [-0.3, -0.25) is 14.4 Å². The second kappa shape index (κ2) is 12.5. The van der Waals surface area contributed by atoms with Crippen molar-refractivity contribution in [1.82, 2.24) is 20.5 Å². The van der Waals surface area contributed by atoms with Crippen molar-refractivity contribution in [3.63, 3.8) is 0 Å². The molecule has 1 saturated heterocycles. The van der Waals surface area contributed by atoms with Crippen LogP contribution in [-0.4, -0.2) is 67.7 Å². The number of nitrogens with one attached hydrogen (secondary N) is 3. The standard InChI is InChI=1S/C26H36N6O5S2/c1-16(28-2)22(33)29-21(18-12-7-4-8-13-18)25(35)32-15-9-14-19(32)23(34)31-24-20(17-10-5-3-6-11-17)30-26(38-24)39(27,36)37/h3,5-6,10-11,16,18-19,21,28H,4,7-9,12-15H2,1-2H3,(H,29,33)(H,31,34)(H2,27,36,37)/t16-,19-,21-/m0/s1. The van der Waals surface area contributed by atoms with Crippen molar-refractivity contribution in [2.75, 3.05) is 18.9 Å². The first-order valence-corrected chi connectivity index (χ1v) is 15.6. The number of nitrogens with two attached hydrogens (primary N) is 1. The van der Waals surface area contributed by atoms with E-state index < -0.39 is 34.1 Å². The Bertz CT molecular complexity index is 1290. The van der Waals surface area contributed by atoms with Crippen molar-refractivity contribution in [2.45, 2.75) is 74.3 Å². The molecule has 1 aliphatic heterocycles. The molecule has 1 saturated carbocycles. The van der Waals surface area contributed by atoms with Crippen molar-refractivity contribution in [1.29, 1.82) is 0 Å². The first kappa shape index (κ1) is 29.1. The number of likely N-dealkylation sites (tertiary alicyclic amines) is 1. The molecule has 2 fully saturated rings. The number of carbonyl (C=O) groups is 3. The smallest absolute Gasteiger partial charge is 0.265 e. The Kier molecular flexibility index (Phi) is 9.36. The molecule has 0 unspecified atom stereocenters. The second-order valence-electron chi connectivity index (χ2n) is 10.1. The second-order valence-corrected chi connectivity index (χ2v) is 12.9. The highest BCUT2D eigenvalue weighted by Crippen LogP contribution is 2.36. The Labute approximate surface area is 233 Å². The molecule has 0 spiro atoms. The first-order chi connectivity index (χ1) is 18.6. The zero-order valence-corrected chi connectivity index (χ0v) is 23.8. The average Bonchev–Trinajstić information content (AvgIpc) is 3.59. The van der Waals surface area contributed by atoms with Crippen LogP contribution in [0.5, 0.6) is 0 Å². The quantitative estimate of drug-likeness (QED) is 0.355. The molecule has 13 heteroatoms. The maximum absolute atomic E-state index is 13.9. The largest absolute Gasteiger partial charge is 0.343 e. The molecule has 1 aromatic carbocycles. The maximum Gasteiger partial charge on any atom is 0.265 e. The van der Waals surface area contributed by atoms with Crippen LogP contribution in [0, 0.1) is 5.92 Å². The van der Waals surface area contributed by atoms with Crippen LogP contribution in [0.2, 0.25) is 0 Å². The summed E-state index contributed by atoms with van der Waals surface area (Å²) >= 11 is 0.778. The summed E-state index contributed by atoms with van der Waals surface area (Å²) in [6, 6.07) is 6.96. The number of hydrogen-bond acceptors (Lipinski definition) is 8. The Hall–Kier alpha value is -2.87. The van der Waals surface area contributed by atoms with Gasteiger partial charge in [0.1, 0.15) is 22.8 Å². The monoisotopic (exact) mass is 576 g/mol. The molecule has 212 valence electrons. The predicted octanol–water partition coefficient (Wildman–Crippen LogP) is 2.06. The van der Waals surface area contributed by atoms with Crippen molar-refractivity contribution < 1.29 is 22.8 Å². The summed E-state index contributed by atoms with van der Waals surface area (Å²) in [5, 5.41) is 14.3. The number of nitrogens with zero attached hydrogens (tertiary/aromatic N) is 2. The van der Waals surface area contributed by atoms with Gasteiger partial charge in [0.15, 0.2) is 0 Å². The molecule has 0 bridgehead atoms. The van der Waals surface area contributed by atoms with E-state index in [1.54, 1.807) is 43.1 Å². The van der Waals surface area contributed by atoms with Crippen molar-refractivity contribution in [3.8, 4) is 11.3 Å². The number of benzene rings is 1. The van der Waals surface area contributed by atoms with Gasteiger partial charge in [0.05, 0.1) is 6.04 Å². The number of likely N-dealkylation sites (N-methyl/N-ethyl adjacent to an activating group) is 1. The third-order valence-corrected chi connectivity index (χ3v) is 9.78. The fraction of sp³-hybridized carbons (Fsp3) is 0.538. The van der Waals surface area contributed by atoms with E-state index in [-0.39, 0.29) is 27.1 Å². The van der Waals surface area contributed by atoms with Crippen LogP contribution in [0.1, 0.15) is 51.9 Å². The van der Waals surface area contributed by atoms with Crippen LogP contribution < -0.4 is 21.1 Å². The minimum Gasteiger partial charge on any atom is -0.343 e. The minimum absolute atomic E-state index is 0.00654. The molecular formula is C26H36N6O5S2. The fourth-order valence-electron chi connectivity index (χ4n) is 5.23. The first-order valence-electron chi connectivity index (χ1n) is 13.3. The number of sulfonamides is 1. The number of rotatable bonds is 9. The van der Waals surface area contributed by atoms with E-state index in [1.165, 1.54) is 0 Å². The van der Waals surface area contributed by atoms with E-state index >= 15 is 0 Å². The number of aromatic nitrogens is 1. The van der Waals surface area contributed by atoms with Gasteiger partial charge in [0.25, 0.3) is 10.0 Å². The molecule has 1 aliphatic carbocycles. The van der Waals surface area contributed by atoms with Gasteiger partial charge < -0.3 is 20.9 Å². The average molecular weight is 577 g/mol. The molecule has 4 rings (SSSR count). The van der Waals surface area contributed by atoms with E-state index in [4.69, 9.17) is 5.14 Å². The Balaban J connectivity index is 1.57. The van der Waals surface area contributed by atoms with E-state index in [2.05, 4.69) is 20.9 Å². The molecule has 2 aromatic rings. The number of carbonyl (C=O) groups excluding carboxylic acids is 3. The van der Waals surface area contributed by atoms with Crippen molar-refractivity contribution >= 4 is 44.1 Å². The van der Waals surface area contributed by atoms with Crippen LogP contribution in [-0.2, 0) is 24.4 Å². The number of primary sulfonamides is 1. The molecule has 1 aromatic heterocycles. The van der Waals surface area contributed by atoms with Crippen LogP contribution >= 0.6 is 11.3 Å². The summed E-state index contributed by atoms with van der Waals surface area (Å²) in [5.41, 5.74) is 0.916. The topological polar surface area (TPSA) is 164 Å². The highest BCUT2D eigenvalue weighted by molar-refractivity contribution is 7.91. The molecular weight excluding hydrogens is 540 g/mol. The summed E-state index contributed by atoms with van der Waals surface area (Å²) in [6.07, 6.45) is 5.87. The van der Waals surface area contributed by atoms with Gasteiger partial charge >= 0.3 is 0 Å². The summed E-state index contributed by atoms with van der Waals surface area (Å²) in [5.74, 6) is -0.935. The Morgan fingerprint density at radius 1 is 1.08 bits per heavy atom. The zero-order valence-electron chi connectivity index (χ0n) is 22.2. The summed E-state index contributed by atoms with van der Waals surface area (Å²) in [7, 11) is -2.40. The van der Waals surface area contributed by atoms with E-state index in [0.29, 0.717) is 30.6 Å². The maximum atomic E-state index is 13.9. The number of thiazole rings is 1. The van der Waals surface area contributed by atoms with Crippen LogP contribution in [0.4, 0.5) is 5.00 Å². The fourth-order valence-corrected chi connectivity index (χ4v) is 6.89. The number of hydrogen-bond donors (Lipinski definition) is 4. The summed E-state index contributed by atoms with van der Waals surface area (Å²) < 4.78 is 23.7. The van der Waals surface area contributed by atoms with Gasteiger partial charge in [-0.2, -0.15) is 0 Å². The number of amides is 3. The molecule has 2 heterocycles. The summed E-state index contributed by atoms with van der Waals surface area (Å²) in [6.45, 7) is 2.13. The lowest BCUT2D eigenvalue weighted by molar-refractivity contribution is -0.142. The predicted molar refractivity (Wildman–Crippen MR) is 149 cm³/mol. The third kappa shape index (κ3) is 6.83. The summed E-state index contributed by atoms with van der Waals surface area (Å²) in [4.78, 5) is 45.9. The molecule has 11 nitrogen and oxygen atoms in total. The van der Waals surface area contributed by atoms with Gasteiger partial charge in [0.2, 0.25) is 22.1 Å². The van der Waals surface area contributed by atoms with Gasteiger partial charge in [0, 0.05) is 12.1 Å². The van der Waals surface area contributed by atoms with E-state index in [9.17, 15) is 22.8 Å². The van der Waals surface area contributed by atoms with Gasteiger partial charge in [-0.05, 0) is 45.6 Å². The van der Waals surface area contributed by atoms with Gasteiger partial charge in [-0.25, -0.2) is 18.5 Å².